The highest BCUT2D eigenvalue weighted by atomic mass is 19.4. The summed E-state index contributed by atoms with van der Waals surface area (Å²) in [5.74, 6) is 0.434. The molecule has 1 N–H and O–H groups in total. The number of halogens is 3. The first-order valence-corrected chi connectivity index (χ1v) is 7.33. The van der Waals surface area contributed by atoms with Crippen LogP contribution in [0.3, 0.4) is 0 Å². The van der Waals surface area contributed by atoms with Gasteiger partial charge in [0.05, 0.1) is 5.41 Å². The smallest absolute Gasteiger partial charge is 0.398 e. The SMILES string of the molecule is FC(F)(F)C1(c2ccc(OC3CC4(CNC4)C3)nc2)CC1. The van der Waals surface area contributed by atoms with Gasteiger partial charge in [-0.2, -0.15) is 13.2 Å². The molecule has 6 heteroatoms. The minimum absolute atomic E-state index is 0.156. The normalized spacial score (nSPS) is 26.0. The summed E-state index contributed by atoms with van der Waals surface area (Å²) in [4.78, 5) is 4.07. The summed E-state index contributed by atoms with van der Waals surface area (Å²) in [5.41, 5.74) is -0.981. The zero-order valence-electron chi connectivity index (χ0n) is 11.5. The number of hydrogen-bond acceptors (Lipinski definition) is 3. The lowest BCUT2D eigenvalue weighted by Gasteiger charge is -2.53. The van der Waals surface area contributed by atoms with E-state index in [4.69, 9.17) is 4.74 Å². The number of aromatic nitrogens is 1. The number of nitrogens with one attached hydrogen (secondary N) is 1. The Balaban J connectivity index is 1.41. The Morgan fingerprint density at radius 2 is 1.90 bits per heavy atom. The van der Waals surface area contributed by atoms with Crippen molar-refractivity contribution in [1.82, 2.24) is 10.3 Å². The van der Waals surface area contributed by atoms with Crippen LogP contribution >= 0.6 is 0 Å². The monoisotopic (exact) mass is 298 g/mol. The van der Waals surface area contributed by atoms with Crippen molar-refractivity contribution in [3.63, 3.8) is 0 Å². The lowest BCUT2D eigenvalue weighted by atomic mass is 9.63. The van der Waals surface area contributed by atoms with Gasteiger partial charge in [0.25, 0.3) is 0 Å². The summed E-state index contributed by atoms with van der Waals surface area (Å²) in [6.07, 6.45) is -0.356. The van der Waals surface area contributed by atoms with E-state index in [1.165, 1.54) is 12.3 Å². The third-order valence-electron chi connectivity index (χ3n) is 5.19. The Morgan fingerprint density at radius 1 is 1.19 bits per heavy atom. The summed E-state index contributed by atoms with van der Waals surface area (Å²) in [6, 6.07) is 3.09. The van der Waals surface area contributed by atoms with Crippen LogP contribution in [0.1, 0.15) is 31.2 Å². The molecule has 1 saturated heterocycles. The summed E-state index contributed by atoms with van der Waals surface area (Å²) in [5, 5.41) is 3.26. The maximum atomic E-state index is 13.0. The standard InChI is InChI=1S/C15H17F3N2O/c16-15(17,18)14(3-4-14)10-1-2-12(20-7-10)21-11-5-13(6-11)8-19-9-13/h1-2,7,11,19H,3-6,8-9H2. The first-order chi connectivity index (χ1) is 9.93. The first kappa shape index (κ1) is 13.4. The van der Waals surface area contributed by atoms with Crippen molar-refractivity contribution in [3.05, 3.63) is 23.9 Å². The maximum absolute atomic E-state index is 13.0. The summed E-state index contributed by atoms with van der Waals surface area (Å²) >= 11 is 0. The van der Waals surface area contributed by atoms with Crippen molar-refractivity contribution < 1.29 is 17.9 Å². The molecule has 1 aliphatic heterocycles. The average Bonchev–Trinajstić information content (AvgIpc) is 3.12. The van der Waals surface area contributed by atoms with E-state index in [9.17, 15) is 13.2 Å². The van der Waals surface area contributed by atoms with E-state index in [2.05, 4.69) is 10.3 Å². The fourth-order valence-corrected chi connectivity index (χ4v) is 3.52. The van der Waals surface area contributed by atoms with Crippen molar-refractivity contribution in [3.8, 4) is 5.88 Å². The molecule has 114 valence electrons. The molecule has 0 aromatic carbocycles. The molecule has 0 atom stereocenters. The Bertz CT molecular complexity index is 539. The molecule has 0 radical (unpaired) electrons. The molecule has 2 saturated carbocycles. The Kier molecular flexibility index (Phi) is 2.62. The number of ether oxygens (including phenoxy) is 1. The van der Waals surface area contributed by atoms with Gasteiger partial charge in [0.2, 0.25) is 5.88 Å². The van der Waals surface area contributed by atoms with E-state index < -0.39 is 11.6 Å². The van der Waals surface area contributed by atoms with Gasteiger partial charge in [-0.3, -0.25) is 0 Å². The topological polar surface area (TPSA) is 34.1 Å². The molecular weight excluding hydrogens is 281 g/mol. The average molecular weight is 298 g/mol. The Morgan fingerprint density at radius 3 is 2.33 bits per heavy atom. The molecule has 1 spiro atoms. The zero-order valence-corrected chi connectivity index (χ0v) is 11.5. The minimum Gasteiger partial charge on any atom is -0.474 e. The van der Waals surface area contributed by atoms with Crippen LogP contribution in [0.15, 0.2) is 18.3 Å². The van der Waals surface area contributed by atoms with E-state index >= 15 is 0 Å². The van der Waals surface area contributed by atoms with Crippen LogP contribution in [-0.2, 0) is 5.41 Å². The maximum Gasteiger partial charge on any atom is 0.398 e. The molecule has 1 aromatic rings. The number of alkyl halides is 3. The van der Waals surface area contributed by atoms with Crippen molar-refractivity contribution >= 4 is 0 Å². The van der Waals surface area contributed by atoms with Crippen molar-refractivity contribution in [2.24, 2.45) is 5.41 Å². The number of rotatable bonds is 3. The molecule has 1 aromatic heterocycles. The molecule has 0 amide bonds. The second kappa shape index (κ2) is 4.12. The van der Waals surface area contributed by atoms with Gasteiger partial charge in [0.1, 0.15) is 6.10 Å². The van der Waals surface area contributed by atoms with Gasteiger partial charge >= 0.3 is 6.18 Å². The van der Waals surface area contributed by atoms with Crippen molar-refractivity contribution in [2.45, 2.75) is 43.4 Å². The predicted molar refractivity (Wildman–Crippen MR) is 70.2 cm³/mol. The van der Waals surface area contributed by atoms with Crippen LogP contribution in [0, 0.1) is 5.41 Å². The highest BCUT2D eigenvalue weighted by Crippen LogP contribution is 2.58. The molecule has 3 aliphatic rings. The Labute approximate surface area is 120 Å². The molecule has 3 nitrogen and oxygen atoms in total. The quantitative estimate of drug-likeness (QED) is 0.932. The highest BCUT2D eigenvalue weighted by molar-refractivity contribution is 5.33. The fourth-order valence-electron chi connectivity index (χ4n) is 3.52. The third kappa shape index (κ3) is 2.03. The van der Waals surface area contributed by atoms with Crippen molar-refractivity contribution in [2.75, 3.05) is 13.1 Å². The van der Waals surface area contributed by atoms with Crippen LogP contribution in [0.5, 0.6) is 5.88 Å². The van der Waals surface area contributed by atoms with Crippen LogP contribution in [-0.4, -0.2) is 30.4 Å². The number of nitrogens with zero attached hydrogens (tertiary/aromatic N) is 1. The van der Waals surface area contributed by atoms with Gasteiger partial charge in [-0.05, 0) is 31.2 Å². The molecule has 0 bridgehead atoms. The summed E-state index contributed by atoms with van der Waals surface area (Å²) < 4.78 is 44.8. The zero-order chi connectivity index (χ0) is 14.7. The minimum atomic E-state index is -4.19. The van der Waals surface area contributed by atoms with Crippen LogP contribution in [0.4, 0.5) is 13.2 Å². The predicted octanol–water partition coefficient (Wildman–Crippen LogP) is 2.81. The first-order valence-electron chi connectivity index (χ1n) is 7.33. The van der Waals surface area contributed by atoms with Gasteiger partial charge < -0.3 is 10.1 Å². The number of pyridine rings is 1. The molecule has 0 unspecified atom stereocenters. The molecule has 2 aliphatic carbocycles. The number of hydrogen-bond donors (Lipinski definition) is 1. The second-order valence-electron chi connectivity index (χ2n) is 6.72. The fraction of sp³-hybridized carbons (Fsp3) is 0.667. The highest BCUT2D eigenvalue weighted by Gasteiger charge is 2.64. The molecule has 2 heterocycles. The molecular formula is C15H17F3N2O. The largest absolute Gasteiger partial charge is 0.474 e. The van der Waals surface area contributed by atoms with E-state index in [-0.39, 0.29) is 24.5 Å². The third-order valence-corrected chi connectivity index (χ3v) is 5.19. The van der Waals surface area contributed by atoms with Gasteiger partial charge in [0, 0.05) is 30.8 Å². The van der Waals surface area contributed by atoms with Crippen LogP contribution in [0.2, 0.25) is 0 Å². The van der Waals surface area contributed by atoms with Crippen LogP contribution < -0.4 is 10.1 Å². The molecule has 4 rings (SSSR count). The van der Waals surface area contributed by atoms with E-state index in [1.807, 2.05) is 0 Å². The van der Waals surface area contributed by atoms with E-state index in [0.29, 0.717) is 11.3 Å². The summed E-state index contributed by atoms with van der Waals surface area (Å²) in [7, 11) is 0. The van der Waals surface area contributed by atoms with Gasteiger partial charge in [-0.15, -0.1) is 0 Å². The molecule has 3 fully saturated rings. The second-order valence-corrected chi connectivity index (χ2v) is 6.72. The Hall–Kier alpha value is -1.30. The van der Waals surface area contributed by atoms with Gasteiger partial charge in [-0.1, -0.05) is 6.07 Å². The van der Waals surface area contributed by atoms with Gasteiger partial charge in [0.15, 0.2) is 0 Å². The lowest BCUT2D eigenvalue weighted by Crippen LogP contribution is -2.62. The van der Waals surface area contributed by atoms with E-state index in [1.54, 1.807) is 6.07 Å². The lowest BCUT2D eigenvalue weighted by molar-refractivity contribution is -0.160. The van der Waals surface area contributed by atoms with Crippen LogP contribution in [0.25, 0.3) is 0 Å². The summed E-state index contributed by atoms with van der Waals surface area (Å²) in [6.45, 7) is 2.10. The molecule has 21 heavy (non-hydrogen) atoms. The van der Waals surface area contributed by atoms with Crippen molar-refractivity contribution in [1.29, 1.82) is 0 Å². The van der Waals surface area contributed by atoms with Gasteiger partial charge in [-0.25, -0.2) is 4.98 Å². The van der Waals surface area contributed by atoms with E-state index in [0.717, 1.165) is 25.9 Å².